The molecule has 2 aromatic carbocycles. The molecule has 0 bridgehead atoms. The molecule has 1 N–H and O–H groups in total. The van der Waals surface area contributed by atoms with E-state index in [9.17, 15) is 14.0 Å². The van der Waals surface area contributed by atoms with Gasteiger partial charge in [-0.2, -0.15) is 0 Å². The average Bonchev–Trinajstić information content (AvgIpc) is 3.23. The smallest absolute Gasteiger partial charge is 0.337 e. The highest BCUT2D eigenvalue weighted by molar-refractivity contribution is 7.17. The Morgan fingerprint density at radius 1 is 0.968 bits per heavy atom. The van der Waals surface area contributed by atoms with Crippen molar-refractivity contribution in [1.82, 2.24) is 9.97 Å². The minimum atomic E-state index is -0.593. The third-order valence-electron chi connectivity index (χ3n) is 4.56. The number of esters is 2. The fourth-order valence-corrected chi connectivity index (χ4v) is 4.04. The van der Waals surface area contributed by atoms with Crippen molar-refractivity contribution >= 4 is 45.0 Å². The Hall–Kier alpha value is -3.85. The van der Waals surface area contributed by atoms with Gasteiger partial charge in [-0.25, -0.2) is 23.9 Å². The number of halogens is 1. The molecule has 9 heteroatoms. The molecule has 0 spiro atoms. The molecule has 31 heavy (non-hydrogen) atoms. The predicted molar refractivity (Wildman–Crippen MR) is 115 cm³/mol. The largest absolute Gasteiger partial charge is 0.465 e. The van der Waals surface area contributed by atoms with Gasteiger partial charge in [0, 0.05) is 16.6 Å². The number of ether oxygens (including phenoxy) is 2. The zero-order valence-corrected chi connectivity index (χ0v) is 17.3. The van der Waals surface area contributed by atoms with Crippen molar-refractivity contribution in [2.75, 3.05) is 19.5 Å². The fraction of sp³-hybridized carbons (Fsp3) is 0.0909. The fourth-order valence-electron chi connectivity index (χ4n) is 3.12. The van der Waals surface area contributed by atoms with Crippen molar-refractivity contribution in [2.45, 2.75) is 0 Å². The molecule has 0 aliphatic rings. The SMILES string of the molecule is COC(=O)c1cc(Nc2ncnc3scc(-c4ccc(F)cc4)c23)cc(C(=O)OC)c1. The summed E-state index contributed by atoms with van der Waals surface area (Å²) in [7, 11) is 2.52. The first-order valence-corrected chi connectivity index (χ1v) is 9.95. The Morgan fingerprint density at radius 3 is 2.23 bits per heavy atom. The average molecular weight is 437 g/mol. The monoisotopic (exact) mass is 437 g/mol. The van der Waals surface area contributed by atoms with Crippen molar-refractivity contribution in [3.8, 4) is 11.1 Å². The zero-order valence-electron chi connectivity index (χ0n) is 16.5. The number of benzene rings is 2. The quantitative estimate of drug-likeness (QED) is 0.448. The number of thiophene rings is 1. The summed E-state index contributed by atoms with van der Waals surface area (Å²) < 4.78 is 22.9. The van der Waals surface area contributed by atoms with Crippen LogP contribution in [-0.2, 0) is 9.47 Å². The maximum atomic E-state index is 13.4. The van der Waals surface area contributed by atoms with E-state index in [0.717, 1.165) is 21.3 Å². The first-order valence-electron chi connectivity index (χ1n) is 9.07. The van der Waals surface area contributed by atoms with Crippen LogP contribution in [-0.4, -0.2) is 36.1 Å². The lowest BCUT2D eigenvalue weighted by atomic mass is 10.1. The molecule has 4 aromatic rings. The van der Waals surface area contributed by atoms with Gasteiger partial charge >= 0.3 is 11.9 Å². The normalized spacial score (nSPS) is 10.7. The first kappa shape index (κ1) is 20.4. The minimum Gasteiger partial charge on any atom is -0.465 e. The molecule has 0 aliphatic heterocycles. The van der Waals surface area contributed by atoms with Crippen LogP contribution in [0.2, 0.25) is 0 Å². The van der Waals surface area contributed by atoms with Gasteiger partial charge in [-0.05, 0) is 35.9 Å². The Morgan fingerprint density at radius 2 is 1.61 bits per heavy atom. The topological polar surface area (TPSA) is 90.4 Å². The number of aromatic nitrogens is 2. The molecular weight excluding hydrogens is 421 g/mol. The molecule has 0 saturated carbocycles. The number of nitrogens with zero attached hydrogens (tertiary/aromatic N) is 2. The van der Waals surface area contributed by atoms with E-state index >= 15 is 0 Å². The molecule has 0 atom stereocenters. The molecule has 2 heterocycles. The third kappa shape index (κ3) is 4.08. The molecule has 0 aliphatic carbocycles. The van der Waals surface area contributed by atoms with Crippen LogP contribution < -0.4 is 5.32 Å². The van der Waals surface area contributed by atoms with Crippen LogP contribution in [0.5, 0.6) is 0 Å². The molecule has 0 radical (unpaired) electrons. The molecular formula is C22H16FN3O4S. The van der Waals surface area contributed by atoms with Crippen molar-refractivity contribution in [3.63, 3.8) is 0 Å². The number of hydrogen-bond acceptors (Lipinski definition) is 8. The number of anilines is 2. The van der Waals surface area contributed by atoms with Gasteiger partial charge in [0.05, 0.1) is 30.7 Å². The highest BCUT2D eigenvalue weighted by Crippen LogP contribution is 2.37. The second kappa shape index (κ2) is 8.49. The summed E-state index contributed by atoms with van der Waals surface area (Å²) >= 11 is 1.43. The minimum absolute atomic E-state index is 0.183. The predicted octanol–water partition coefficient (Wildman–Crippen LogP) is 4.81. The molecule has 2 aromatic heterocycles. The number of hydrogen-bond donors (Lipinski definition) is 1. The van der Waals surface area contributed by atoms with Crippen LogP contribution in [0, 0.1) is 5.82 Å². The van der Waals surface area contributed by atoms with Gasteiger partial charge in [0.2, 0.25) is 0 Å². The second-order valence-corrected chi connectivity index (χ2v) is 7.32. The molecule has 4 rings (SSSR count). The van der Waals surface area contributed by atoms with Crippen molar-refractivity contribution in [2.24, 2.45) is 0 Å². The maximum absolute atomic E-state index is 13.4. The standard InChI is InChI=1S/C22H16FN3O4S/c1-29-21(27)13-7-14(22(28)30-2)9-16(8-13)26-19-18-17(10-31-20(18)25-11-24-19)12-3-5-15(23)6-4-12/h3-11H,1-2H3,(H,24,25,26). The van der Waals surface area contributed by atoms with E-state index < -0.39 is 11.9 Å². The van der Waals surface area contributed by atoms with Gasteiger partial charge in [0.25, 0.3) is 0 Å². The van der Waals surface area contributed by atoms with Gasteiger partial charge < -0.3 is 14.8 Å². The van der Waals surface area contributed by atoms with Gasteiger partial charge in [0.1, 0.15) is 22.8 Å². The van der Waals surface area contributed by atoms with Crippen LogP contribution in [0.15, 0.2) is 54.2 Å². The van der Waals surface area contributed by atoms with E-state index in [2.05, 4.69) is 15.3 Å². The first-order chi connectivity index (χ1) is 15.0. The molecule has 0 saturated heterocycles. The van der Waals surface area contributed by atoms with Crippen molar-refractivity contribution < 1.29 is 23.5 Å². The summed E-state index contributed by atoms with van der Waals surface area (Å²) in [5.41, 5.74) is 2.45. The number of carbonyl (C=O) groups is 2. The van der Waals surface area contributed by atoms with E-state index in [1.807, 2.05) is 5.38 Å². The summed E-state index contributed by atoms with van der Waals surface area (Å²) in [6, 6.07) is 10.6. The van der Waals surface area contributed by atoms with E-state index in [-0.39, 0.29) is 16.9 Å². The highest BCUT2D eigenvalue weighted by Gasteiger charge is 2.17. The third-order valence-corrected chi connectivity index (χ3v) is 5.45. The van der Waals surface area contributed by atoms with Crippen molar-refractivity contribution in [3.05, 3.63) is 71.1 Å². The van der Waals surface area contributed by atoms with Gasteiger partial charge in [-0.1, -0.05) is 12.1 Å². The summed E-state index contributed by atoms with van der Waals surface area (Å²) in [6.45, 7) is 0. The van der Waals surface area contributed by atoms with Crippen LogP contribution in [0.25, 0.3) is 21.3 Å². The summed E-state index contributed by atoms with van der Waals surface area (Å²) in [5.74, 6) is -1.04. The van der Waals surface area contributed by atoms with E-state index in [0.29, 0.717) is 11.5 Å². The molecule has 7 nitrogen and oxygen atoms in total. The lowest BCUT2D eigenvalue weighted by molar-refractivity contribution is 0.0599. The molecule has 0 amide bonds. The number of methoxy groups -OCH3 is 2. The van der Waals surface area contributed by atoms with Crippen LogP contribution in [0.3, 0.4) is 0 Å². The summed E-state index contributed by atoms with van der Waals surface area (Å²) in [4.78, 5) is 33.5. The van der Waals surface area contributed by atoms with Gasteiger partial charge in [-0.3, -0.25) is 0 Å². The second-order valence-electron chi connectivity index (χ2n) is 6.47. The van der Waals surface area contributed by atoms with Crippen LogP contribution in [0.1, 0.15) is 20.7 Å². The van der Waals surface area contributed by atoms with Crippen LogP contribution >= 0.6 is 11.3 Å². The van der Waals surface area contributed by atoms with Gasteiger partial charge in [0.15, 0.2) is 0 Å². The number of carbonyl (C=O) groups excluding carboxylic acids is 2. The van der Waals surface area contributed by atoms with Crippen molar-refractivity contribution in [1.29, 1.82) is 0 Å². The zero-order chi connectivity index (χ0) is 22.0. The lowest BCUT2D eigenvalue weighted by Gasteiger charge is -2.11. The Bertz CT molecular complexity index is 1250. The van der Waals surface area contributed by atoms with E-state index in [1.54, 1.807) is 24.3 Å². The van der Waals surface area contributed by atoms with E-state index in [1.165, 1.54) is 50.1 Å². The summed E-state index contributed by atoms with van der Waals surface area (Å²) in [5, 5.41) is 5.82. The van der Waals surface area contributed by atoms with Gasteiger partial charge in [-0.15, -0.1) is 11.3 Å². The lowest BCUT2D eigenvalue weighted by Crippen LogP contribution is -2.08. The molecule has 156 valence electrons. The van der Waals surface area contributed by atoms with E-state index in [4.69, 9.17) is 9.47 Å². The molecule has 0 fully saturated rings. The molecule has 0 unspecified atom stereocenters. The number of rotatable bonds is 5. The Labute approximate surface area is 180 Å². The summed E-state index contributed by atoms with van der Waals surface area (Å²) in [6.07, 6.45) is 1.42. The number of nitrogens with one attached hydrogen (secondary N) is 1. The Balaban J connectivity index is 1.82. The number of fused-ring (bicyclic) bond motifs is 1. The highest BCUT2D eigenvalue weighted by atomic mass is 32.1. The van der Waals surface area contributed by atoms with Crippen LogP contribution in [0.4, 0.5) is 15.9 Å². The Kier molecular flexibility index (Phi) is 5.59. The maximum Gasteiger partial charge on any atom is 0.337 e.